The molecular weight excluding hydrogens is 369 g/mol. The van der Waals surface area contributed by atoms with Crippen LogP contribution in [0.3, 0.4) is 0 Å². The van der Waals surface area contributed by atoms with Gasteiger partial charge in [0.05, 0.1) is 0 Å². The number of aryl methyl sites for hydroxylation is 1. The van der Waals surface area contributed by atoms with Gasteiger partial charge in [0.25, 0.3) is 5.91 Å². The second kappa shape index (κ2) is 7.82. The zero-order chi connectivity index (χ0) is 19.7. The lowest BCUT2D eigenvalue weighted by Crippen LogP contribution is -2.48. The molecule has 1 saturated heterocycles. The second-order valence-electron chi connectivity index (χ2n) is 6.99. The van der Waals surface area contributed by atoms with E-state index in [0.29, 0.717) is 54.6 Å². The van der Waals surface area contributed by atoms with Crippen molar-refractivity contribution >= 4 is 23.3 Å². The number of nitrogens with one attached hydrogen (secondary N) is 1. The molecule has 1 aliphatic heterocycles. The number of Topliss-reactive ketones (excluding diaryl/α,β-unsaturated/α-hetero) is 1. The second-order valence-corrected chi connectivity index (χ2v) is 7.39. The predicted molar refractivity (Wildman–Crippen MR) is 103 cm³/mol. The lowest BCUT2D eigenvalue weighted by atomic mass is 10.1. The molecule has 1 amide bonds. The number of benzene rings is 1. The molecule has 1 aliphatic rings. The first-order valence-corrected chi connectivity index (χ1v) is 9.31. The van der Waals surface area contributed by atoms with Crippen LogP contribution in [0.2, 0.25) is 5.02 Å². The van der Waals surface area contributed by atoms with Gasteiger partial charge in [-0.3, -0.25) is 14.5 Å². The van der Waals surface area contributed by atoms with E-state index in [4.69, 9.17) is 11.6 Å². The highest BCUT2D eigenvalue weighted by molar-refractivity contribution is 6.31. The molecule has 0 unspecified atom stereocenters. The van der Waals surface area contributed by atoms with Crippen LogP contribution in [0.5, 0.6) is 0 Å². The summed E-state index contributed by atoms with van der Waals surface area (Å²) in [6.07, 6.45) is 0. The van der Waals surface area contributed by atoms with Crippen LogP contribution in [-0.4, -0.2) is 52.7 Å². The topological polar surface area (TPSA) is 56.4 Å². The summed E-state index contributed by atoms with van der Waals surface area (Å²) < 4.78 is 13.2. The minimum absolute atomic E-state index is 0.0405. The summed E-state index contributed by atoms with van der Waals surface area (Å²) in [6, 6.07) is 4.42. The van der Waals surface area contributed by atoms with Crippen molar-refractivity contribution in [3.63, 3.8) is 0 Å². The molecule has 144 valence electrons. The van der Waals surface area contributed by atoms with Crippen molar-refractivity contribution in [2.45, 2.75) is 27.3 Å². The van der Waals surface area contributed by atoms with Crippen LogP contribution in [-0.2, 0) is 6.54 Å². The molecule has 0 aliphatic carbocycles. The molecule has 2 heterocycles. The number of rotatable bonds is 4. The molecule has 0 atom stereocenters. The number of H-pyrrole nitrogens is 1. The van der Waals surface area contributed by atoms with Crippen molar-refractivity contribution in [2.24, 2.45) is 0 Å². The Labute approximate surface area is 163 Å². The molecule has 1 aromatic carbocycles. The van der Waals surface area contributed by atoms with E-state index < -0.39 is 0 Å². The first-order chi connectivity index (χ1) is 12.8. The average molecular weight is 392 g/mol. The van der Waals surface area contributed by atoms with E-state index in [2.05, 4.69) is 9.88 Å². The summed E-state index contributed by atoms with van der Waals surface area (Å²) in [5.41, 5.74) is 3.41. The number of halogens is 2. The number of nitrogens with zero attached hydrogens (tertiary/aromatic N) is 2. The molecule has 5 nitrogen and oxygen atoms in total. The van der Waals surface area contributed by atoms with Gasteiger partial charge in [0, 0.05) is 49.0 Å². The van der Waals surface area contributed by atoms with Gasteiger partial charge in [0.2, 0.25) is 0 Å². The van der Waals surface area contributed by atoms with Crippen LogP contribution in [0, 0.1) is 19.7 Å². The van der Waals surface area contributed by atoms with Gasteiger partial charge in [0.1, 0.15) is 11.5 Å². The third-order valence-corrected chi connectivity index (χ3v) is 5.42. The third kappa shape index (κ3) is 4.06. The fourth-order valence-corrected chi connectivity index (χ4v) is 3.88. The Morgan fingerprint density at radius 2 is 1.85 bits per heavy atom. The minimum Gasteiger partial charge on any atom is -0.354 e. The van der Waals surface area contributed by atoms with Crippen LogP contribution < -0.4 is 0 Å². The minimum atomic E-state index is -0.347. The van der Waals surface area contributed by atoms with Gasteiger partial charge < -0.3 is 9.88 Å². The normalized spacial score (nSPS) is 15.2. The molecule has 0 spiro atoms. The number of aromatic amines is 1. The molecule has 2 aromatic rings. The number of ketones is 1. The van der Waals surface area contributed by atoms with Crippen LogP contribution >= 0.6 is 11.6 Å². The predicted octanol–water partition coefficient (Wildman–Crippen LogP) is 3.58. The maximum Gasteiger partial charge on any atom is 0.270 e. The van der Waals surface area contributed by atoms with E-state index in [0.717, 1.165) is 11.3 Å². The molecule has 0 radical (unpaired) electrons. The Balaban J connectivity index is 1.64. The maximum absolute atomic E-state index is 13.2. The molecule has 1 aromatic heterocycles. The molecule has 0 bridgehead atoms. The molecular formula is C20H23ClFN3O2. The van der Waals surface area contributed by atoms with Gasteiger partial charge in [-0.05, 0) is 44.0 Å². The Kier molecular flexibility index (Phi) is 5.67. The smallest absolute Gasteiger partial charge is 0.270 e. The SMILES string of the molecule is CC(=O)c1c(C)[nH]c(C(=O)N2CCN(Cc3ccc(F)cc3Cl)CC2)c1C. The highest BCUT2D eigenvalue weighted by Crippen LogP contribution is 2.22. The van der Waals surface area contributed by atoms with E-state index in [1.165, 1.54) is 19.1 Å². The number of hydrogen-bond donors (Lipinski definition) is 1. The molecule has 0 saturated carbocycles. The zero-order valence-electron chi connectivity index (χ0n) is 15.7. The molecule has 3 rings (SSSR count). The van der Waals surface area contributed by atoms with Crippen molar-refractivity contribution in [1.29, 1.82) is 0 Å². The number of aromatic nitrogens is 1. The maximum atomic E-state index is 13.2. The summed E-state index contributed by atoms with van der Waals surface area (Å²) in [5.74, 6) is -0.468. The first kappa shape index (κ1) is 19.6. The van der Waals surface area contributed by atoms with E-state index in [1.54, 1.807) is 17.9 Å². The summed E-state index contributed by atoms with van der Waals surface area (Å²) in [6.45, 7) is 8.34. The van der Waals surface area contributed by atoms with Gasteiger partial charge in [-0.2, -0.15) is 0 Å². The Bertz CT molecular complexity index is 886. The fraction of sp³-hybridized carbons (Fsp3) is 0.400. The number of carbonyl (C=O) groups is 2. The summed E-state index contributed by atoms with van der Waals surface area (Å²) in [4.78, 5) is 31.7. The molecule has 1 N–H and O–H groups in total. The number of amides is 1. The van der Waals surface area contributed by atoms with E-state index in [1.807, 2.05) is 6.92 Å². The fourth-order valence-electron chi connectivity index (χ4n) is 3.65. The van der Waals surface area contributed by atoms with Gasteiger partial charge in [-0.1, -0.05) is 17.7 Å². The van der Waals surface area contributed by atoms with Gasteiger partial charge in [0.15, 0.2) is 5.78 Å². The Morgan fingerprint density at radius 3 is 2.41 bits per heavy atom. The van der Waals surface area contributed by atoms with Crippen molar-refractivity contribution in [1.82, 2.24) is 14.8 Å². The Morgan fingerprint density at radius 1 is 1.19 bits per heavy atom. The molecule has 27 heavy (non-hydrogen) atoms. The summed E-state index contributed by atoms with van der Waals surface area (Å²) >= 11 is 6.11. The van der Waals surface area contributed by atoms with Crippen LogP contribution in [0.1, 0.15) is 44.6 Å². The van der Waals surface area contributed by atoms with Crippen LogP contribution in [0.4, 0.5) is 4.39 Å². The van der Waals surface area contributed by atoms with Crippen molar-refractivity contribution in [3.8, 4) is 0 Å². The number of piperazine rings is 1. The third-order valence-electron chi connectivity index (χ3n) is 5.07. The van der Waals surface area contributed by atoms with Gasteiger partial charge in [-0.25, -0.2) is 4.39 Å². The summed E-state index contributed by atoms with van der Waals surface area (Å²) in [5, 5.41) is 0.419. The quantitative estimate of drug-likeness (QED) is 0.810. The largest absolute Gasteiger partial charge is 0.354 e. The monoisotopic (exact) mass is 391 g/mol. The van der Waals surface area contributed by atoms with Crippen molar-refractivity contribution in [2.75, 3.05) is 26.2 Å². The standard InChI is InChI=1S/C20H23ClFN3O2/c1-12-18(14(3)26)13(2)23-19(12)20(27)25-8-6-24(7-9-25)11-15-4-5-16(22)10-17(15)21/h4-5,10,23H,6-9,11H2,1-3H3. The highest BCUT2D eigenvalue weighted by Gasteiger charge is 2.27. The van der Waals surface area contributed by atoms with Crippen LogP contribution in [0.15, 0.2) is 18.2 Å². The first-order valence-electron chi connectivity index (χ1n) is 8.93. The van der Waals surface area contributed by atoms with Gasteiger partial charge >= 0.3 is 0 Å². The van der Waals surface area contributed by atoms with Gasteiger partial charge in [-0.15, -0.1) is 0 Å². The zero-order valence-corrected chi connectivity index (χ0v) is 16.5. The van der Waals surface area contributed by atoms with Crippen molar-refractivity contribution < 1.29 is 14.0 Å². The lowest BCUT2D eigenvalue weighted by Gasteiger charge is -2.34. The Hall–Kier alpha value is -2.18. The van der Waals surface area contributed by atoms with E-state index >= 15 is 0 Å². The summed E-state index contributed by atoms with van der Waals surface area (Å²) in [7, 11) is 0. The lowest BCUT2D eigenvalue weighted by molar-refractivity contribution is 0.0622. The number of hydrogen-bond acceptors (Lipinski definition) is 3. The molecule has 7 heteroatoms. The van der Waals surface area contributed by atoms with E-state index in [9.17, 15) is 14.0 Å². The average Bonchev–Trinajstić information content (AvgIpc) is 2.92. The number of carbonyl (C=O) groups excluding carboxylic acids is 2. The highest BCUT2D eigenvalue weighted by atomic mass is 35.5. The molecule has 1 fully saturated rings. The van der Waals surface area contributed by atoms with Crippen molar-refractivity contribution in [3.05, 3.63) is 57.1 Å². The van der Waals surface area contributed by atoms with Crippen LogP contribution in [0.25, 0.3) is 0 Å². The van der Waals surface area contributed by atoms with E-state index in [-0.39, 0.29) is 17.5 Å².